The van der Waals surface area contributed by atoms with E-state index in [0.717, 1.165) is 31.6 Å². The molecule has 1 aromatic rings. The molecule has 2 atom stereocenters. The molecule has 3 heteroatoms. The van der Waals surface area contributed by atoms with Gasteiger partial charge in [-0.25, -0.2) is 0 Å². The fraction of sp³-hybridized carbons (Fsp3) is 0.600. The highest BCUT2D eigenvalue weighted by molar-refractivity contribution is 5.41. The highest BCUT2D eigenvalue weighted by Gasteiger charge is 2.48. The predicted molar refractivity (Wildman–Crippen MR) is 70.6 cm³/mol. The molecular weight excluding hydrogens is 226 g/mol. The Bertz CT molecular complexity index is 458. The molecule has 98 valence electrons. The van der Waals surface area contributed by atoms with E-state index in [4.69, 9.17) is 15.2 Å². The topological polar surface area (TPSA) is 44.5 Å². The second-order valence-corrected chi connectivity index (χ2v) is 6.13. The summed E-state index contributed by atoms with van der Waals surface area (Å²) in [6, 6.07) is 8.42. The van der Waals surface area contributed by atoms with Crippen molar-refractivity contribution in [3.63, 3.8) is 0 Å². The molecule has 2 heterocycles. The van der Waals surface area contributed by atoms with Gasteiger partial charge < -0.3 is 15.2 Å². The number of ether oxygens (including phenoxy) is 2. The Labute approximate surface area is 108 Å². The van der Waals surface area contributed by atoms with Gasteiger partial charge in [-0.05, 0) is 32.8 Å². The van der Waals surface area contributed by atoms with E-state index in [1.807, 2.05) is 18.2 Å². The second-order valence-electron chi connectivity index (χ2n) is 6.13. The summed E-state index contributed by atoms with van der Waals surface area (Å²) in [5.41, 5.74) is 6.87. The lowest BCUT2D eigenvalue weighted by molar-refractivity contribution is -0.139. The standard InChI is InChI=1S/C15H21NO2/c1-14(2)10-15(9-11(16)7-8-17-15)12-5-3-4-6-13(12)18-14/h3-6,11H,7-10,16H2,1-2H3. The summed E-state index contributed by atoms with van der Waals surface area (Å²) in [6.45, 7) is 4.98. The minimum atomic E-state index is -0.254. The molecule has 0 bridgehead atoms. The lowest BCUT2D eigenvalue weighted by atomic mass is 9.75. The summed E-state index contributed by atoms with van der Waals surface area (Å²) >= 11 is 0. The van der Waals surface area contributed by atoms with Gasteiger partial charge in [0.15, 0.2) is 0 Å². The third-order valence-corrected chi connectivity index (χ3v) is 3.93. The van der Waals surface area contributed by atoms with Crippen LogP contribution in [-0.2, 0) is 10.3 Å². The summed E-state index contributed by atoms with van der Waals surface area (Å²) in [6.07, 6.45) is 2.70. The van der Waals surface area contributed by atoms with E-state index in [1.165, 1.54) is 5.56 Å². The highest BCUT2D eigenvalue weighted by Crippen LogP contribution is 2.49. The van der Waals surface area contributed by atoms with Crippen molar-refractivity contribution in [3.05, 3.63) is 29.8 Å². The van der Waals surface area contributed by atoms with Gasteiger partial charge in [0.2, 0.25) is 0 Å². The van der Waals surface area contributed by atoms with Gasteiger partial charge in [-0.3, -0.25) is 0 Å². The number of para-hydroxylation sites is 1. The van der Waals surface area contributed by atoms with Crippen molar-refractivity contribution in [1.82, 2.24) is 0 Å². The van der Waals surface area contributed by atoms with Gasteiger partial charge in [-0.1, -0.05) is 18.2 Å². The van der Waals surface area contributed by atoms with Gasteiger partial charge in [-0.15, -0.1) is 0 Å². The monoisotopic (exact) mass is 247 g/mol. The van der Waals surface area contributed by atoms with Crippen LogP contribution in [-0.4, -0.2) is 18.2 Å². The lowest BCUT2D eigenvalue weighted by Gasteiger charge is -2.48. The van der Waals surface area contributed by atoms with E-state index in [1.54, 1.807) is 0 Å². The Balaban J connectivity index is 2.08. The van der Waals surface area contributed by atoms with Crippen molar-refractivity contribution in [1.29, 1.82) is 0 Å². The lowest BCUT2D eigenvalue weighted by Crippen LogP contribution is -2.51. The Morgan fingerprint density at radius 3 is 2.83 bits per heavy atom. The Morgan fingerprint density at radius 1 is 1.28 bits per heavy atom. The van der Waals surface area contributed by atoms with Gasteiger partial charge in [0, 0.05) is 24.6 Å². The first-order valence-corrected chi connectivity index (χ1v) is 6.69. The van der Waals surface area contributed by atoms with Gasteiger partial charge in [0.05, 0.1) is 0 Å². The summed E-state index contributed by atoms with van der Waals surface area (Å²) in [4.78, 5) is 0. The first kappa shape index (κ1) is 12.0. The van der Waals surface area contributed by atoms with Gasteiger partial charge in [-0.2, -0.15) is 0 Å². The molecule has 0 aliphatic carbocycles. The summed E-state index contributed by atoms with van der Waals surface area (Å²) in [5.74, 6) is 0.947. The van der Waals surface area contributed by atoms with Crippen LogP contribution in [0.1, 0.15) is 38.7 Å². The first-order valence-electron chi connectivity index (χ1n) is 6.69. The van der Waals surface area contributed by atoms with Crippen LogP contribution in [0.15, 0.2) is 24.3 Å². The molecule has 18 heavy (non-hydrogen) atoms. The molecule has 0 aromatic heterocycles. The maximum Gasteiger partial charge on any atom is 0.126 e. The first-order chi connectivity index (χ1) is 8.51. The molecule has 1 aromatic carbocycles. The summed E-state index contributed by atoms with van der Waals surface area (Å²) in [7, 11) is 0. The molecule has 1 fully saturated rings. The molecule has 1 saturated heterocycles. The van der Waals surface area contributed by atoms with E-state index >= 15 is 0 Å². The number of fused-ring (bicyclic) bond motifs is 2. The Kier molecular flexibility index (Phi) is 2.65. The van der Waals surface area contributed by atoms with E-state index in [0.29, 0.717) is 0 Å². The van der Waals surface area contributed by atoms with E-state index in [-0.39, 0.29) is 17.2 Å². The minimum Gasteiger partial charge on any atom is -0.487 e. The number of benzene rings is 1. The molecule has 3 nitrogen and oxygen atoms in total. The molecule has 2 N–H and O–H groups in total. The van der Waals surface area contributed by atoms with E-state index in [9.17, 15) is 0 Å². The third-order valence-electron chi connectivity index (χ3n) is 3.93. The highest BCUT2D eigenvalue weighted by atomic mass is 16.5. The molecule has 2 aliphatic heterocycles. The number of rotatable bonds is 0. The van der Waals surface area contributed by atoms with Crippen LogP contribution in [0.3, 0.4) is 0 Å². The number of hydrogen-bond acceptors (Lipinski definition) is 3. The van der Waals surface area contributed by atoms with Crippen LogP contribution in [0.4, 0.5) is 0 Å². The smallest absolute Gasteiger partial charge is 0.126 e. The van der Waals surface area contributed by atoms with Gasteiger partial charge in [0.25, 0.3) is 0 Å². The zero-order chi connectivity index (χ0) is 12.8. The minimum absolute atomic E-state index is 0.203. The van der Waals surface area contributed by atoms with Crippen LogP contribution in [0.2, 0.25) is 0 Å². The third kappa shape index (κ3) is 1.91. The molecule has 3 rings (SSSR count). The average Bonchev–Trinajstić information content (AvgIpc) is 2.27. The molecule has 1 spiro atoms. The maximum absolute atomic E-state index is 6.18. The van der Waals surface area contributed by atoms with Crippen LogP contribution in [0.25, 0.3) is 0 Å². The van der Waals surface area contributed by atoms with Crippen molar-refractivity contribution >= 4 is 0 Å². The fourth-order valence-corrected chi connectivity index (χ4v) is 3.35. The zero-order valence-electron chi connectivity index (χ0n) is 11.1. The van der Waals surface area contributed by atoms with E-state index < -0.39 is 0 Å². The van der Waals surface area contributed by atoms with Crippen LogP contribution < -0.4 is 10.5 Å². The molecule has 0 radical (unpaired) electrons. The molecule has 0 amide bonds. The predicted octanol–water partition coefficient (Wildman–Crippen LogP) is 2.58. The normalized spacial score (nSPS) is 33.8. The summed E-state index contributed by atoms with van der Waals surface area (Å²) in [5, 5.41) is 0. The Morgan fingerprint density at radius 2 is 2.06 bits per heavy atom. The van der Waals surface area contributed by atoms with Crippen LogP contribution >= 0.6 is 0 Å². The number of nitrogens with two attached hydrogens (primary N) is 1. The quantitative estimate of drug-likeness (QED) is 0.766. The summed E-state index contributed by atoms with van der Waals surface area (Å²) < 4.78 is 12.2. The number of hydrogen-bond donors (Lipinski definition) is 1. The molecule has 0 saturated carbocycles. The zero-order valence-corrected chi connectivity index (χ0v) is 11.1. The van der Waals surface area contributed by atoms with Gasteiger partial charge in [0.1, 0.15) is 17.0 Å². The van der Waals surface area contributed by atoms with Crippen molar-refractivity contribution in [2.24, 2.45) is 5.73 Å². The van der Waals surface area contributed by atoms with Crippen molar-refractivity contribution in [3.8, 4) is 5.75 Å². The average molecular weight is 247 g/mol. The Hall–Kier alpha value is -1.06. The molecule has 2 aliphatic rings. The maximum atomic E-state index is 6.18. The van der Waals surface area contributed by atoms with Crippen molar-refractivity contribution in [2.75, 3.05) is 6.61 Å². The van der Waals surface area contributed by atoms with Gasteiger partial charge >= 0.3 is 0 Å². The molecular formula is C15H21NO2. The molecule has 2 unspecified atom stereocenters. The second kappa shape index (κ2) is 3.97. The van der Waals surface area contributed by atoms with Crippen LogP contribution in [0, 0.1) is 0 Å². The van der Waals surface area contributed by atoms with Crippen molar-refractivity contribution < 1.29 is 9.47 Å². The van der Waals surface area contributed by atoms with E-state index in [2.05, 4.69) is 19.9 Å². The SMILES string of the molecule is CC1(C)CC2(CC(N)CCO2)c2ccccc2O1. The van der Waals surface area contributed by atoms with Crippen molar-refractivity contribution in [2.45, 2.75) is 50.4 Å². The fourth-order valence-electron chi connectivity index (χ4n) is 3.35. The largest absolute Gasteiger partial charge is 0.487 e. The van der Waals surface area contributed by atoms with Crippen LogP contribution in [0.5, 0.6) is 5.75 Å².